The van der Waals surface area contributed by atoms with E-state index < -0.39 is 5.97 Å². The van der Waals surface area contributed by atoms with E-state index in [2.05, 4.69) is 24.0 Å². The molecule has 0 saturated carbocycles. The summed E-state index contributed by atoms with van der Waals surface area (Å²) in [6.07, 6.45) is 6.35. The summed E-state index contributed by atoms with van der Waals surface area (Å²) in [5.74, 6) is -0.920. The molecule has 0 bridgehead atoms. The topological polar surface area (TPSA) is 57.5 Å². The molecule has 2 rings (SSSR count). The molecule has 0 aliphatic rings. The fourth-order valence-electron chi connectivity index (χ4n) is 1.90. The van der Waals surface area contributed by atoms with Crippen LogP contribution in [-0.2, 0) is 41.9 Å². The van der Waals surface area contributed by atoms with Gasteiger partial charge in [-0.15, -0.1) is 0 Å². The molecule has 2 N–H and O–H groups in total. The summed E-state index contributed by atoms with van der Waals surface area (Å²) in [6, 6.07) is 15.8. The van der Waals surface area contributed by atoms with Crippen LogP contribution >= 0.6 is 22.6 Å². The van der Waals surface area contributed by atoms with E-state index in [0.717, 1.165) is 22.8 Å². The Morgan fingerprint density at radius 3 is 1.75 bits per heavy atom. The van der Waals surface area contributed by atoms with Crippen molar-refractivity contribution in [3.63, 3.8) is 0 Å². The summed E-state index contributed by atoms with van der Waals surface area (Å²) in [6.45, 7) is 4.13. The van der Waals surface area contributed by atoms with E-state index in [4.69, 9.17) is 10.2 Å². The minimum absolute atomic E-state index is 0. The second-order valence-corrected chi connectivity index (χ2v) is 5.08. The summed E-state index contributed by atoms with van der Waals surface area (Å²) < 4.78 is 0. The average Bonchev–Trinajstić information content (AvgIpc) is 2.61. The van der Waals surface area contributed by atoms with Gasteiger partial charge in [0.2, 0.25) is 0 Å². The number of aliphatic hydroxyl groups excluding tert-OH is 1. The molecule has 152 valence electrons. The van der Waals surface area contributed by atoms with Gasteiger partial charge in [0.05, 0.1) is 6.61 Å². The van der Waals surface area contributed by atoms with Crippen molar-refractivity contribution < 1.29 is 52.1 Å². The molecular weight excluding hydrogens is 541 g/mol. The van der Waals surface area contributed by atoms with Crippen LogP contribution in [0.2, 0.25) is 0 Å². The van der Waals surface area contributed by atoms with Crippen LogP contribution in [-0.4, -0.2) is 22.8 Å². The van der Waals surface area contributed by atoms with Crippen molar-refractivity contribution >= 4 is 40.7 Å². The summed E-state index contributed by atoms with van der Waals surface area (Å²) in [5, 5.41) is 16.9. The van der Waals surface area contributed by atoms with Gasteiger partial charge in [-0.1, -0.05) is 71.8 Å². The molecule has 0 unspecified atom stereocenters. The van der Waals surface area contributed by atoms with E-state index in [0.29, 0.717) is 0 Å². The number of carboxylic acids is 1. The van der Waals surface area contributed by atoms with Gasteiger partial charge in [0.1, 0.15) is 0 Å². The van der Waals surface area contributed by atoms with Crippen molar-refractivity contribution in [1.82, 2.24) is 0 Å². The number of halogens is 1. The summed E-state index contributed by atoms with van der Waals surface area (Å²) in [5.41, 5.74) is 4.42. The fraction of sp³-hybridized carbons (Fsp3) is 0.136. The molecule has 2 aromatic carbocycles. The van der Waals surface area contributed by atoms with Gasteiger partial charge >= 0.3 is 5.97 Å². The first kappa shape index (κ1) is 34.7. The molecule has 2 radical (unpaired) electrons. The van der Waals surface area contributed by atoms with Crippen molar-refractivity contribution in [1.29, 1.82) is 0 Å². The van der Waals surface area contributed by atoms with Crippen molar-refractivity contribution in [3.8, 4) is 0 Å². The van der Waals surface area contributed by atoms with Gasteiger partial charge in [-0.05, 0) is 31.1 Å². The average molecular weight is 568 g/mol. The van der Waals surface area contributed by atoms with E-state index in [9.17, 15) is 4.79 Å². The third-order valence-corrected chi connectivity index (χ3v) is 2.92. The molecule has 0 spiro atoms. The monoisotopic (exact) mass is 568 g/mol. The minimum Gasteiger partial charge on any atom is -0.478 e. The van der Waals surface area contributed by atoms with E-state index in [1.807, 2.05) is 72.0 Å². The van der Waals surface area contributed by atoms with Crippen molar-refractivity contribution in [3.05, 3.63) is 95.3 Å². The quantitative estimate of drug-likeness (QED) is 0.281. The maximum atomic E-state index is 10.2. The number of aryl methyl sites for hydroxylation is 2. The van der Waals surface area contributed by atoms with Gasteiger partial charge < -0.3 is 40.2 Å². The van der Waals surface area contributed by atoms with Gasteiger partial charge in [0.15, 0.2) is 0 Å². The maximum absolute atomic E-state index is 10.2. The van der Waals surface area contributed by atoms with Crippen molar-refractivity contribution in [2.75, 3.05) is 6.61 Å². The number of aliphatic hydroxyl groups is 1. The maximum Gasteiger partial charge on any atom is 0.328 e. The molecule has 0 aliphatic heterocycles. The molecule has 2 aromatic rings. The zero-order chi connectivity index (χ0) is 19.1. The van der Waals surface area contributed by atoms with Crippen LogP contribution in [0.25, 0.3) is 12.2 Å². The number of hydrogen-bond donors (Lipinski definition) is 2. The SMILES string of the molecule is Cc1cccc(/C=C/C(=O)O)c1.Cc1cccc(/C=C/CO)c1.[CH2-]I.[CH3-].[V].[V]. The second-order valence-electron chi connectivity index (χ2n) is 5.08. The Morgan fingerprint density at radius 2 is 1.39 bits per heavy atom. The Bertz CT molecular complexity index is 702. The molecule has 0 aliphatic carbocycles. The van der Waals surface area contributed by atoms with E-state index in [1.54, 1.807) is 12.2 Å². The molecule has 0 amide bonds. The molecule has 6 heteroatoms. The van der Waals surface area contributed by atoms with Crippen molar-refractivity contribution in [2.24, 2.45) is 0 Å². The van der Waals surface area contributed by atoms with Gasteiger partial charge in [0, 0.05) is 43.2 Å². The van der Waals surface area contributed by atoms with Crippen LogP contribution in [0.5, 0.6) is 0 Å². The van der Waals surface area contributed by atoms with Gasteiger partial charge in [0.25, 0.3) is 0 Å². The first-order valence-corrected chi connectivity index (χ1v) is 9.12. The molecule has 0 heterocycles. The number of aliphatic carboxylic acids is 1. The predicted molar refractivity (Wildman–Crippen MR) is 121 cm³/mol. The Kier molecular flexibility index (Phi) is 28.0. The summed E-state index contributed by atoms with van der Waals surface area (Å²) >= 11 is 1.90. The number of benzene rings is 2. The molecule has 3 nitrogen and oxygen atoms in total. The Balaban J connectivity index is -0.000000172. The summed E-state index contributed by atoms with van der Waals surface area (Å²) in [7, 11) is 0. The zero-order valence-electron chi connectivity index (χ0n) is 16.4. The number of carbonyl (C=O) groups is 1. The molecular formula is C22H27IO3V2-2. The van der Waals surface area contributed by atoms with Crippen LogP contribution in [0.1, 0.15) is 22.3 Å². The molecule has 0 saturated heterocycles. The third-order valence-electron chi connectivity index (χ3n) is 2.92. The Labute approximate surface area is 207 Å². The third kappa shape index (κ3) is 18.6. The smallest absolute Gasteiger partial charge is 0.328 e. The number of rotatable bonds is 4. The number of carboxylic acid groups (broad SMARTS) is 1. The van der Waals surface area contributed by atoms with Gasteiger partial charge in [-0.2, -0.15) is 0 Å². The number of hydrogen-bond acceptors (Lipinski definition) is 2. The van der Waals surface area contributed by atoms with Crippen LogP contribution in [0.3, 0.4) is 0 Å². The molecule has 0 aromatic heterocycles. The first-order valence-electron chi connectivity index (χ1n) is 7.59. The van der Waals surface area contributed by atoms with Gasteiger partial charge in [-0.3, -0.25) is 4.93 Å². The Morgan fingerprint density at radius 1 is 0.964 bits per heavy atom. The largest absolute Gasteiger partial charge is 0.478 e. The second kappa shape index (κ2) is 22.5. The van der Waals surface area contributed by atoms with Gasteiger partial charge in [-0.25, -0.2) is 4.79 Å². The summed E-state index contributed by atoms with van der Waals surface area (Å²) in [4.78, 5) is 13.4. The minimum atomic E-state index is -0.920. The van der Waals surface area contributed by atoms with E-state index in [-0.39, 0.29) is 51.1 Å². The van der Waals surface area contributed by atoms with Crippen LogP contribution in [0.4, 0.5) is 0 Å². The van der Waals surface area contributed by atoms with Crippen molar-refractivity contribution in [2.45, 2.75) is 13.8 Å². The predicted octanol–water partition coefficient (Wildman–Crippen LogP) is 5.75. The van der Waals surface area contributed by atoms with E-state index in [1.165, 1.54) is 5.56 Å². The Hall–Kier alpha value is -0.751. The fourth-order valence-corrected chi connectivity index (χ4v) is 1.90. The van der Waals surface area contributed by atoms with Crippen LogP contribution in [0.15, 0.2) is 60.7 Å². The normalized spacial score (nSPS) is 8.89. The molecule has 0 atom stereocenters. The molecule has 0 fully saturated rings. The van der Waals surface area contributed by atoms with Crippen LogP contribution in [0, 0.1) is 26.2 Å². The molecule has 28 heavy (non-hydrogen) atoms. The standard InChI is InChI=1S/C10H10O2.C10H12O.CH2I.CH3.2V/c1-8-3-2-4-9(7-8)5-6-10(11)12;1-9-4-2-5-10(8-9)6-3-7-11;1-2;;;/h2-7H,1H3,(H,11,12);2-6,8,11H,7H2,1H3;1H2;1H3;;/q;;2*-1;;/b6-5+;6-3+;;;;. The zero-order valence-corrected chi connectivity index (χ0v) is 21.4. The van der Waals surface area contributed by atoms with E-state index >= 15 is 0 Å². The first-order chi connectivity index (χ1) is 12.0. The van der Waals surface area contributed by atoms with Crippen LogP contribution < -0.4 is 0 Å².